The van der Waals surface area contributed by atoms with E-state index in [1.54, 1.807) is 12.5 Å². The van der Waals surface area contributed by atoms with Crippen LogP contribution < -0.4 is 5.32 Å². The molecule has 6 heteroatoms. The Labute approximate surface area is 100 Å². The van der Waals surface area contributed by atoms with Crippen molar-refractivity contribution < 1.29 is 4.21 Å². The van der Waals surface area contributed by atoms with Crippen molar-refractivity contribution in [3.8, 4) is 0 Å². The van der Waals surface area contributed by atoms with Crippen molar-refractivity contribution in [2.45, 2.75) is 19.4 Å². The molecule has 2 unspecified atom stereocenters. The summed E-state index contributed by atoms with van der Waals surface area (Å²) in [4.78, 5) is 7.98. The number of nitrogens with zero attached hydrogens (tertiary/aromatic N) is 2. The van der Waals surface area contributed by atoms with Crippen LogP contribution in [0.4, 0.5) is 5.82 Å². The van der Waals surface area contributed by atoms with Crippen LogP contribution in [0.5, 0.6) is 0 Å². The Kier molecular flexibility index (Phi) is 5.17. The van der Waals surface area contributed by atoms with E-state index in [9.17, 15) is 4.21 Å². The highest BCUT2D eigenvalue weighted by molar-refractivity contribution is 9.10. The van der Waals surface area contributed by atoms with Crippen LogP contribution in [-0.4, -0.2) is 32.2 Å². The second-order valence-corrected chi connectivity index (χ2v) is 5.74. The van der Waals surface area contributed by atoms with Crippen LogP contribution in [0.3, 0.4) is 0 Å². The molecule has 1 aromatic heterocycles. The van der Waals surface area contributed by atoms with Crippen molar-refractivity contribution in [1.82, 2.24) is 9.97 Å². The number of anilines is 1. The highest BCUT2D eigenvalue weighted by atomic mass is 79.9. The molecular weight excluding hydrogens is 278 g/mol. The van der Waals surface area contributed by atoms with Gasteiger partial charge in [-0.15, -0.1) is 0 Å². The zero-order valence-corrected chi connectivity index (χ0v) is 11.1. The molecule has 1 rings (SSSR count). The molecule has 0 bridgehead atoms. The van der Waals surface area contributed by atoms with Gasteiger partial charge in [0.15, 0.2) is 0 Å². The lowest BCUT2D eigenvalue weighted by Gasteiger charge is -2.14. The molecule has 1 N–H and O–H groups in total. The monoisotopic (exact) mass is 291 g/mol. The lowest BCUT2D eigenvalue weighted by molar-refractivity contribution is 0.678. The highest BCUT2D eigenvalue weighted by Crippen LogP contribution is 2.18. The maximum absolute atomic E-state index is 10.9. The van der Waals surface area contributed by atoms with E-state index in [-0.39, 0.29) is 6.04 Å². The normalized spacial score (nSPS) is 14.6. The molecule has 1 aromatic rings. The Morgan fingerprint density at radius 3 is 3.00 bits per heavy atom. The van der Waals surface area contributed by atoms with E-state index < -0.39 is 10.8 Å². The smallest absolute Gasteiger partial charge is 0.143 e. The summed E-state index contributed by atoms with van der Waals surface area (Å²) in [7, 11) is -0.734. The van der Waals surface area contributed by atoms with Gasteiger partial charge in [0.05, 0.1) is 4.47 Å². The number of hydrogen-bond acceptors (Lipinski definition) is 4. The van der Waals surface area contributed by atoms with Crippen molar-refractivity contribution in [3.05, 3.63) is 17.0 Å². The molecule has 2 atom stereocenters. The van der Waals surface area contributed by atoms with E-state index in [2.05, 4.69) is 31.2 Å². The molecule has 0 amide bonds. The minimum atomic E-state index is -0.734. The molecule has 84 valence electrons. The fourth-order valence-electron chi connectivity index (χ4n) is 1.07. The summed E-state index contributed by atoms with van der Waals surface area (Å²) < 4.78 is 11.8. The van der Waals surface area contributed by atoms with E-state index >= 15 is 0 Å². The predicted molar refractivity (Wildman–Crippen MR) is 66.4 cm³/mol. The Bertz CT molecular complexity index is 348. The number of hydrogen-bond donors (Lipinski definition) is 1. The van der Waals surface area contributed by atoms with Crippen LogP contribution in [0.2, 0.25) is 0 Å². The third kappa shape index (κ3) is 4.70. The first-order chi connectivity index (χ1) is 7.09. The quantitative estimate of drug-likeness (QED) is 0.899. The van der Waals surface area contributed by atoms with Gasteiger partial charge in [-0.2, -0.15) is 0 Å². The van der Waals surface area contributed by atoms with E-state index in [1.165, 1.54) is 6.33 Å². The van der Waals surface area contributed by atoms with Crippen molar-refractivity contribution >= 4 is 32.5 Å². The third-order valence-electron chi connectivity index (χ3n) is 1.89. The summed E-state index contributed by atoms with van der Waals surface area (Å²) in [5.41, 5.74) is 0. The zero-order chi connectivity index (χ0) is 11.3. The number of rotatable bonds is 5. The average molecular weight is 292 g/mol. The van der Waals surface area contributed by atoms with Gasteiger partial charge in [-0.3, -0.25) is 4.21 Å². The summed E-state index contributed by atoms with van der Waals surface area (Å²) in [6.07, 6.45) is 5.77. The van der Waals surface area contributed by atoms with Crippen molar-refractivity contribution in [2.24, 2.45) is 0 Å². The van der Waals surface area contributed by atoms with Gasteiger partial charge in [0.25, 0.3) is 0 Å². The maximum atomic E-state index is 10.9. The van der Waals surface area contributed by atoms with Crippen molar-refractivity contribution in [1.29, 1.82) is 0 Å². The van der Waals surface area contributed by atoms with Gasteiger partial charge in [-0.1, -0.05) is 0 Å². The van der Waals surface area contributed by atoms with E-state index in [4.69, 9.17) is 0 Å². The van der Waals surface area contributed by atoms with Gasteiger partial charge in [0, 0.05) is 35.0 Å². The lowest BCUT2D eigenvalue weighted by atomic mass is 10.2. The first kappa shape index (κ1) is 12.6. The zero-order valence-electron chi connectivity index (χ0n) is 8.74. The van der Waals surface area contributed by atoms with Crippen LogP contribution in [0.25, 0.3) is 0 Å². The Hall–Kier alpha value is -0.490. The molecule has 0 aliphatic rings. The highest BCUT2D eigenvalue weighted by Gasteiger charge is 2.06. The molecule has 0 saturated heterocycles. The van der Waals surface area contributed by atoms with Crippen LogP contribution in [0, 0.1) is 0 Å². The predicted octanol–water partition coefficient (Wildman–Crippen LogP) is 1.81. The fourth-order valence-corrected chi connectivity index (χ4v) is 2.09. The number of halogens is 1. The molecule has 0 radical (unpaired) electrons. The molecule has 0 saturated carbocycles. The van der Waals surface area contributed by atoms with Crippen molar-refractivity contribution in [3.63, 3.8) is 0 Å². The first-order valence-electron chi connectivity index (χ1n) is 4.61. The summed E-state index contributed by atoms with van der Waals surface area (Å²) in [6, 6.07) is 0.250. The van der Waals surface area contributed by atoms with Crippen molar-refractivity contribution in [2.75, 3.05) is 17.3 Å². The maximum Gasteiger partial charge on any atom is 0.143 e. The standard InChI is InChI=1S/C9H14BrN3OS/c1-7(3-4-15(2)14)13-9-8(10)5-11-6-12-9/h5-7H,3-4H2,1-2H3,(H,11,12,13). The molecule has 0 fully saturated rings. The van der Waals surface area contributed by atoms with E-state index in [1.807, 2.05) is 6.92 Å². The molecule has 4 nitrogen and oxygen atoms in total. The van der Waals surface area contributed by atoms with Crippen LogP contribution in [0.1, 0.15) is 13.3 Å². The topological polar surface area (TPSA) is 54.9 Å². The van der Waals surface area contributed by atoms with E-state index in [0.29, 0.717) is 5.75 Å². The van der Waals surface area contributed by atoms with Gasteiger partial charge in [0.2, 0.25) is 0 Å². The summed E-state index contributed by atoms with van der Waals surface area (Å²) >= 11 is 3.36. The Morgan fingerprint density at radius 1 is 1.67 bits per heavy atom. The molecule has 1 heterocycles. The summed E-state index contributed by atoms with van der Waals surface area (Å²) in [5, 5.41) is 3.23. The summed E-state index contributed by atoms with van der Waals surface area (Å²) in [6.45, 7) is 2.04. The number of nitrogens with one attached hydrogen (secondary N) is 1. The van der Waals surface area contributed by atoms with Gasteiger partial charge in [-0.05, 0) is 29.3 Å². The number of aromatic nitrogens is 2. The second-order valence-electron chi connectivity index (χ2n) is 3.33. The fraction of sp³-hybridized carbons (Fsp3) is 0.556. The van der Waals surface area contributed by atoms with Gasteiger partial charge in [0.1, 0.15) is 12.1 Å². The van der Waals surface area contributed by atoms with Crippen LogP contribution >= 0.6 is 15.9 Å². The molecule has 0 aliphatic heterocycles. The van der Waals surface area contributed by atoms with Crippen LogP contribution in [0.15, 0.2) is 17.0 Å². The lowest BCUT2D eigenvalue weighted by Crippen LogP contribution is -2.18. The molecule has 0 aliphatic carbocycles. The van der Waals surface area contributed by atoms with Gasteiger partial charge in [-0.25, -0.2) is 9.97 Å². The Morgan fingerprint density at radius 2 is 2.40 bits per heavy atom. The van der Waals surface area contributed by atoms with Gasteiger partial charge < -0.3 is 5.32 Å². The molecular formula is C9H14BrN3OS. The minimum absolute atomic E-state index is 0.250. The van der Waals surface area contributed by atoms with E-state index in [0.717, 1.165) is 16.7 Å². The average Bonchev–Trinajstić information content (AvgIpc) is 2.18. The van der Waals surface area contributed by atoms with Crippen LogP contribution in [-0.2, 0) is 10.8 Å². The SMILES string of the molecule is CC(CCS(C)=O)Nc1ncncc1Br. The minimum Gasteiger partial charge on any atom is -0.367 e. The second kappa shape index (κ2) is 6.17. The van der Waals surface area contributed by atoms with Gasteiger partial charge >= 0.3 is 0 Å². The molecule has 15 heavy (non-hydrogen) atoms. The largest absolute Gasteiger partial charge is 0.367 e. The first-order valence-corrected chi connectivity index (χ1v) is 7.13. The third-order valence-corrected chi connectivity index (χ3v) is 3.28. The molecule has 0 aromatic carbocycles. The Balaban J connectivity index is 2.47. The summed E-state index contributed by atoms with van der Waals surface area (Å²) in [5.74, 6) is 1.48. The molecule has 0 spiro atoms.